The van der Waals surface area contributed by atoms with E-state index in [0.29, 0.717) is 13.0 Å². The predicted octanol–water partition coefficient (Wildman–Crippen LogP) is 1.25. The van der Waals surface area contributed by atoms with Crippen LogP contribution in [0.25, 0.3) is 0 Å². The van der Waals surface area contributed by atoms with E-state index in [1.54, 1.807) is 0 Å². The van der Waals surface area contributed by atoms with Crippen molar-refractivity contribution < 1.29 is 14.9 Å². The highest BCUT2D eigenvalue weighted by Crippen LogP contribution is 2.23. The van der Waals surface area contributed by atoms with Crippen LogP contribution < -0.4 is 4.74 Å². The highest BCUT2D eigenvalue weighted by atomic mass is 16.5. The summed E-state index contributed by atoms with van der Waals surface area (Å²) in [5.41, 5.74) is 1.80. The zero-order valence-electron chi connectivity index (χ0n) is 8.36. The maximum absolute atomic E-state index is 9.07. The third-order valence-corrected chi connectivity index (χ3v) is 2.01. The van der Waals surface area contributed by atoms with Crippen molar-refractivity contribution in [3.8, 4) is 5.75 Å². The Morgan fingerprint density at radius 3 is 2.71 bits per heavy atom. The second-order valence-electron chi connectivity index (χ2n) is 3.15. The molecule has 0 unspecified atom stereocenters. The SMILES string of the molecule is Cc1cccc(CO)c1OCCCO. The Hall–Kier alpha value is -1.06. The fourth-order valence-corrected chi connectivity index (χ4v) is 1.28. The summed E-state index contributed by atoms with van der Waals surface area (Å²) in [6.07, 6.45) is 0.610. The molecule has 0 heterocycles. The van der Waals surface area contributed by atoms with Gasteiger partial charge in [-0.25, -0.2) is 0 Å². The molecule has 0 aliphatic carbocycles. The van der Waals surface area contributed by atoms with E-state index in [2.05, 4.69) is 0 Å². The van der Waals surface area contributed by atoms with Crippen LogP contribution in [0, 0.1) is 6.92 Å². The average molecular weight is 196 g/mol. The molecule has 0 fully saturated rings. The highest BCUT2D eigenvalue weighted by molar-refractivity contribution is 5.40. The van der Waals surface area contributed by atoms with Crippen molar-refractivity contribution in [2.45, 2.75) is 20.0 Å². The molecule has 1 aromatic carbocycles. The molecule has 0 aromatic heterocycles. The summed E-state index contributed by atoms with van der Waals surface area (Å²) in [5.74, 6) is 0.739. The molecule has 3 heteroatoms. The molecule has 3 nitrogen and oxygen atoms in total. The van der Waals surface area contributed by atoms with Crippen molar-refractivity contribution in [1.82, 2.24) is 0 Å². The predicted molar refractivity (Wildman–Crippen MR) is 54.3 cm³/mol. The third kappa shape index (κ3) is 2.72. The summed E-state index contributed by atoms with van der Waals surface area (Å²) in [7, 11) is 0. The summed E-state index contributed by atoms with van der Waals surface area (Å²) < 4.78 is 5.48. The normalized spacial score (nSPS) is 10.2. The van der Waals surface area contributed by atoms with Crippen LogP contribution in [0.15, 0.2) is 18.2 Å². The molecule has 0 aliphatic heterocycles. The first-order chi connectivity index (χ1) is 6.79. The molecular weight excluding hydrogens is 180 g/mol. The van der Waals surface area contributed by atoms with Gasteiger partial charge in [-0.3, -0.25) is 0 Å². The molecule has 0 aliphatic rings. The van der Waals surface area contributed by atoms with E-state index in [4.69, 9.17) is 14.9 Å². The van der Waals surface area contributed by atoms with E-state index in [1.165, 1.54) is 0 Å². The first kappa shape index (κ1) is 11.0. The molecule has 1 aromatic rings. The van der Waals surface area contributed by atoms with Gasteiger partial charge in [0.05, 0.1) is 13.2 Å². The number of aliphatic hydroxyl groups is 2. The van der Waals surface area contributed by atoms with Gasteiger partial charge in [-0.2, -0.15) is 0 Å². The average Bonchev–Trinajstić information content (AvgIpc) is 2.20. The van der Waals surface area contributed by atoms with Gasteiger partial charge in [0.2, 0.25) is 0 Å². The van der Waals surface area contributed by atoms with Gasteiger partial charge in [-0.1, -0.05) is 18.2 Å². The van der Waals surface area contributed by atoms with E-state index in [0.717, 1.165) is 16.9 Å². The van der Waals surface area contributed by atoms with Crippen molar-refractivity contribution in [3.63, 3.8) is 0 Å². The van der Waals surface area contributed by atoms with Crippen LogP contribution in [0.2, 0.25) is 0 Å². The maximum Gasteiger partial charge on any atom is 0.127 e. The van der Waals surface area contributed by atoms with E-state index < -0.39 is 0 Å². The second kappa shape index (κ2) is 5.62. The van der Waals surface area contributed by atoms with Crippen molar-refractivity contribution in [2.75, 3.05) is 13.2 Å². The van der Waals surface area contributed by atoms with Crippen LogP contribution in [0.4, 0.5) is 0 Å². The van der Waals surface area contributed by atoms with Gasteiger partial charge in [0.1, 0.15) is 5.75 Å². The number of hydrogen-bond donors (Lipinski definition) is 2. The number of para-hydroxylation sites is 1. The van der Waals surface area contributed by atoms with Gasteiger partial charge >= 0.3 is 0 Å². The Bertz CT molecular complexity index is 284. The third-order valence-electron chi connectivity index (χ3n) is 2.01. The fraction of sp³-hybridized carbons (Fsp3) is 0.455. The van der Waals surface area contributed by atoms with Crippen molar-refractivity contribution in [3.05, 3.63) is 29.3 Å². The molecule has 0 amide bonds. The Kier molecular flexibility index (Phi) is 4.43. The summed E-state index contributed by atoms with van der Waals surface area (Å²) in [5, 5.41) is 17.7. The molecule has 0 spiro atoms. The summed E-state index contributed by atoms with van der Waals surface area (Å²) in [6, 6.07) is 5.66. The largest absolute Gasteiger partial charge is 0.493 e. The molecule has 1 rings (SSSR count). The number of ether oxygens (including phenoxy) is 1. The molecule has 2 N–H and O–H groups in total. The smallest absolute Gasteiger partial charge is 0.127 e. The summed E-state index contributed by atoms with van der Waals surface area (Å²) >= 11 is 0. The van der Waals surface area contributed by atoms with Gasteiger partial charge < -0.3 is 14.9 Å². The number of aliphatic hydroxyl groups excluding tert-OH is 2. The lowest BCUT2D eigenvalue weighted by atomic mass is 10.1. The lowest BCUT2D eigenvalue weighted by molar-refractivity contribution is 0.225. The first-order valence-electron chi connectivity index (χ1n) is 4.72. The molecule has 0 radical (unpaired) electrons. The summed E-state index contributed by atoms with van der Waals surface area (Å²) in [4.78, 5) is 0. The fourth-order valence-electron chi connectivity index (χ4n) is 1.28. The molecular formula is C11H16O3. The van der Waals surface area contributed by atoms with Gasteiger partial charge in [-0.05, 0) is 12.5 Å². The van der Waals surface area contributed by atoms with Crippen LogP contribution >= 0.6 is 0 Å². The van der Waals surface area contributed by atoms with Gasteiger partial charge in [0, 0.05) is 18.6 Å². The molecule has 0 saturated carbocycles. The minimum atomic E-state index is -0.0177. The van der Waals surface area contributed by atoms with Gasteiger partial charge in [0.25, 0.3) is 0 Å². The number of aryl methyl sites for hydroxylation is 1. The molecule has 78 valence electrons. The molecule has 0 atom stereocenters. The highest BCUT2D eigenvalue weighted by Gasteiger charge is 2.05. The van der Waals surface area contributed by atoms with Crippen LogP contribution in [-0.4, -0.2) is 23.4 Å². The zero-order valence-corrected chi connectivity index (χ0v) is 8.36. The van der Waals surface area contributed by atoms with Crippen LogP contribution in [0.5, 0.6) is 5.75 Å². The second-order valence-corrected chi connectivity index (χ2v) is 3.15. The minimum absolute atomic E-state index is 0.0177. The van der Waals surface area contributed by atoms with Gasteiger partial charge in [-0.15, -0.1) is 0 Å². The maximum atomic E-state index is 9.07. The Labute approximate surface area is 84.0 Å². The van der Waals surface area contributed by atoms with Crippen molar-refractivity contribution in [1.29, 1.82) is 0 Å². The Morgan fingerprint density at radius 2 is 2.07 bits per heavy atom. The number of hydrogen-bond acceptors (Lipinski definition) is 3. The Balaban J connectivity index is 2.72. The number of rotatable bonds is 5. The van der Waals surface area contributed by atoms with Crippen LogP contribution in [-0.2, 0) is 6.61 Å². The van der Waals surface area contributed by atoms with Crippen LogP contribution in [0.1, 0.15) is 17.5 Å². The molecule has 0 bridgehead atoms. The quantitative estimate of drug-likeness (QED) is 0.697. The first-order valence-corrected chi connectivity index (χ1v) is 4.72. The lowest BCUT2D eigenvalue weighted by Crippen LogP contribution is -2.03. The standard InChI is InChI=1S/C11H16O3/c1-9-4-2-5-10(8-13)11(9)14-7-3-6-12/h2,4-5,12-13H,3,6-8H2,1H3. The van der Waals surface area contributed by atoms with Crippen molar-refractivity contribution in [2.24, 2.45) is 0 Å². The van der Waals surface area contributed by atoms with Crippen LogP contribution in [0.3, 0.4) is 0 Å². The van der Waals surface area contributed by atoms with E-state index in [1.807, 2.05) is 25.1 Å². The molecule has 14 heavy (non-hydrogen) atoms. The van der Waals surface area contributed by atoms with E-state index in [-0.39, 0.29) is 13.2 Å². The zero-order chi connectivity index (χ0) is 10.4. The summed E-state index contributed by atoms with van der Waals surface area (Å²) in [6.45, 7) is 2.53. The van der Waals surface area contributed by atoms with Gasteiger partial charge in [0.15, 0.2) is 0 Å². The van der Waals surface area contributed by atoms with E-state index >= 15 is 0 Å². The minimum Gasteiger partial charge on any atom is -0.493 e. The van der Waals surface area contributed by atoms with Crippen molar-refractivity contribution >= 4 is 0 Å². The number of benzene rings is 1. The monoisotopic (exact) mass is 196 g/mol. The van der Waals surface area contributed by atoms with E-state index in [9.17, 15) is 0 Å². The molecule has 0 saturated heterocycles. The topological polar surface area (TPSA) is 49.7 Å². The lowest BCUT2D eigenvalue weighted by Gasteiger charge is -2.12. The Morgan fingerprint density at radius 1 is 1.29 bits per heavy atom.